The van der Waals surface area contributed by atoms with E-state index < -0.39 is 0 Å². The van der Waals surface area contributed by atoms with Crippen molar-refractivity contribution in [1.29, 1.82) is 0 Å². The molecule has 4 heterocycles. The van der Waals surface area contributed by atoms with Crippen LogP contribution in [0, 0.1) is 13.8 Å². The third-order valence-corrected chi connectivity index (χ3v) is 8.16. The van der Waals surface area contributed by atoms with Crippen molar-refractivity contribution < 1.29 is 0 Å². The largest absolute Gasteiger partial charge is 0.353 e. The summed E-state index contributed by atoms with van der Waals surface area (Å²) >= 11 is 5.95. The van der Waals surface area contributed by atoms with E-state index in [2.05, 4.69) is 92.6 Å². The standard InChI is InChI=1S/C25H25N5.C16H12ClN3.ClH/c1-18-6-5-9-21(14-18)23-17-29-25(30-24(23)20-10-12-27-13-11-20)28-16-22(26)15-19-7-3-2-4-8-19;1-11-3-2-4-13(9-11)14-10-19-16(17)20-15(14)12-5-7-18-8-6-12;/h2-14,17,22H,15-16,26H2,1H3,(H,28,29,30);2-10H,1H3;1H/t22-;;/m0../s1. The fourth-order valence-electron chi connectivity index (χ4n) is 5.55. The summed E-state index contributed by atoms with van der Waals surface area (Å²) in [6.45, 7) is 4.74. The van der Waals surface area contributed by atoms with Crippen molar-refractivity contribution in [2.45, 2.75) is 26.3 Å². The van der Waals surface area contributed by atoms with Crippen molar-refractivity contribution in [1.82, 2.24) is 29.9 Å². The molecule has 0 fully saturated rings. The first-order chi connectivity index (χ1) is 24.4. The van der Waals surface area contributed by atoms with E-state index >= 15 is 0 Å². The molecule has 0 spiro atoms. The van der Waals surface area contributed by atoms with Crippen LogP contribution < -0.4 is 11.1 Å². The maximum absolute atomic E-state index is 6.31. The van der Waals surface area contributed by atoms with E-state index in [1.807, 2.05) is 60.8 Å². The molecule has 0 bridgehead atoms. The Kier molecular flexibility index (Phi) is 12.9. The molecular weight excluding hydrogens is 675 g/mol. The van der Waals surface area contributed by atoms with Gasteiger partial charge in [-0.15, -0.1) is 12.4 Å². The third kappa shape index (κ3) is 10.0. The Bertz CT molecular complexity index is 2150. The zero-order chi connectivity index (χ0) is 34.7. The molecule has 51 heavy (non-hydrogen) atoms. The van der Waals surface area contributed by atoms with Gasteiger partial charge in [0.1, 0.15) is 0 Å². The zero-order valence-electron chi connectivity index (χ0n) is 28.3. The number of nitrogens with one attached hydrogen (secondary N) is 1. The molecule has 256 valence electrons. The maximum Gasteiger partial charge on any atom is 0.223 e. The second-order valence-electron chi connectivity index (χ2n) is 11.9. The minimum atomic E-state index is -0.0307. The second kappa shape index (κ2) is 17.9. The average Bonchev–Trinajstić information content (AvgIpc) is 3.15. The molecule has 0 aliphatic rings. The number of anilines is 1. The Balaban J connectivity index is 0.000000209. The van der Waals surface area contributed by atoms with Crippen LogP contribution in [0.5, 0.6) is 0 Å². The maximum atomic E-state index is 6.31. The number of aryl methyl sites for hydroxylation is 2. The normalized spacial score (nSPS) is 11.1. The summed E-state index contributed by atoms with van der Waals surface area (Å²) in [6.07, 6.45) is 11.5. The van der Waals surface area contributed by atoms with E-state index in [0.717, 1.165) is 51.2 Å². The van der Waals surface area contributed by atoms with Crippen molar-refractivity contribution >= 4 is 30.0 Å². The van der Waals surface area contributed by atoms with Crippen LogP contribution in [0.2, 0.25) is 5.28 Å². The number of nitrogens with zero attached hydrogens (tertiary/aromatic N) is 6. The van der Waals surface area contributed by atoms with Gasteiger partial charge in [-0.05, 0) is 72.8 Å². The summed E-state index contributed by atoms with van der Waals surface area (Å²) in [5, 5.41) is 3.55. The van der Waals surface area contributed by atoms with Crippen molar-refractivity contribution in [2.75, 3.05) is 11.9 Å². The van der Waals surface area contributed by atoms with E-state index in [0.29, 0.717) is 12.5 Å². The van der Waals surface area contributed by atoms with Gasteiger partial charge in [0, 0.05) is 72.0 Å². The van der Waals surface area contributed by atoms with Gasteiger partial charge < -0.3 is 11.1 Å². The number of nitrogens with two attached hydrogens (primary N) is 1. The van der Waals surface area contributed by atoms with Gasteiger partial charge in [-0.3, -0.25) is 9.97 Å². The van der Waals surface area contributed by atoms with Crippen LogP contribution in [0.15, 0.2) is 140 Å². The van der Waals surface area contributed by atoms with E-state index in [9.17, 15) is 0 Å². The van der Waals surface area contributed by atoms with Crippen molar-refractivity contribution in [3.63, 3.8) is 0 Å². The van der Waals surface area contributed by atoms with Gasteiger partial charge >= 0.3 is 0 Å². The van der Waals surface area contributed by atoms with Crippen LogP contribution >= 0.6 is 24.0 Å². The van der Waals surface area contributed by atoms with E-state index in [1.54, 1.807) is 31.0 Å². The molecule has 3 aromatic carbocycles. The molecule has 0 saturated carbocycles. The van der Waals surface area contributed by atoms with E-state index in [4.69, 9.17) is 22.3 Å². The summed E-state index contributed by atoms with van der Waals surface area (Å²) < 4.78 is 0. The lowest BCUT2D eigenvalue weighted by Crippen LogP contribution is -2.31. The summed E-state index contributed by atoms with van der Waals surface area (Å²) in [5.74, 6) is 0.571. The Labute approximate surface area is 309 Å². The number of hydrogen-bond donors (Lipinski definition) is 2. The van der Waals surface area contributed by atoms with Gasteiger partial charge in [-0.1, -0.05) is 90.0 Å². The number of pyridine rings is 2. The van der Waals surface area contributed by atoms with Gasteiger partial charge in [0.15, 0.2) is 0 Å². The van der Waals surface area contributed by atoms with Crippen molar-refractivity contribution in [2.24, 2.45) is 5.73 Å². The molecule has 1 atom stereocenters. The molecule has 7 rings (SSSR count). The monoisotopic (exact) mass is 712 g/mol. The third-order valence-electron chi connectivity index (χ3n) is 7.98. The molecule has 7 aromatic rings. The fraction of sp³-hybridized carbons (Fsp3) is 0.122. The topological polar surface area (TPSA) is 115 Å². The Morgan fingerprint density at radius 1 is 0.627 bits per heavy atom. The highest BCUT2D eigenvalue weighted by Gasteiger charge is 2.14. The Morgan fingerprint density at radius 2 is 1.16 bits per heavy atom. The highest BCUT2D eigenvalue weighted by molar-refractivity contribution is 6.28. The first-order valence-electron chi connectivity index (χ1n) is 16.3. The lowest BCUT2D eigenvalue weighted by atomic mass is 10.00. The molecule has 4 aromatic heterocycles. The highest BCUT2D eigenvalue weighted by atomic mass is 35.5. The lowest BCUT2D eigenvalue weighted by molar-refractivity contribution is 0.696. The predicted octanol–water partition coefficient (Wildman–Crippen LogP) is 9.09. The molecule has 3 N–H and O–H groups in total. The van der Waals surface area contributed by atoms with E-state index in [1.165, 1.54) is 16.7 Å². The van der Waals surface area contributed by atoms with Crippen LogP contribution in [0.1, 0.15) is 16.7 Å². The van der Waals surface area contributed by atoms with Crippen LogP contribution in [0.4, 0.5) is 5.95 Å². The molecular formula is C41H38Cl2N8. The van der Waals surface area contributed by atoms with Crippen LogP contribution in [0.3, 0.4) is 0 Å². The number of benzene rings is 3. The SMILES string of the molecule is Cc1cccc(-c2cnc(Cl)nc2-c2ccncc2)c1.Cc1cccc(-c2cnc(NC[C@@H](N)Cc3ccccc3)nc2-c2ccncc2)c1.Cl. The molecule has 0 aliphatic carbocycles. The van der Waals surface area contributed by atoms with E-state index in [-0.39, 0.29) is 23.7 Å². The molecule has 10 heteroatoms. The molecule has 8 nitrogen and oxygen atoms in total. The number of hydrogen-bond acceptors (Lipinski definition) is 8. The minimum Gasteiger partial charge on any atom is -0.353 e. The number of aromatic nitrogens is 6. The average molecular weight is 714 g/mol. The summed E-state index contributed by atoms with van der Waals surface area (Å²) in [6, 6.07) is 34.6. The van der Waals surface area contributed by atoms with Crippen LogP contribution in [0.25, 0.3) is 44.8 Å². The Morgan fingerprint density at radius 3 is 1.71 bits per heavy atom. The zero-order valence-corrected chi connectivity index (χ0v) is 29.9. The smallest absolute Gasteiger partial charge is 0.223 e. The van der Waals surface area contributed by atoms with Gasteiger partial charge in [-0.2, -0.15) is 0 Å². The van der Waals surface area contributed by atoms with Crippen LogP contribution in [-0.4, -0.2) is 42.5 Å². The molecule has 0 saturated heterocycles. The minimum absolute atomic E-state index is 0. The van der Waals surface area contributed by atoms with Crippen LogP contribution in [-0.2, 0) is 6.42 Å². The molecule has 0 unspecified atom stereocenters. The predicted molar refractivity (Wildman–Crippen MR) is 210 cm³/mol. The molecule has 0 amide bonds. The summed E-state index contributed by atoms with van der Waals surface area (Å²) in [5.41, 5.74) is 17.7. The summed E-state index contributed by atoms with van der Waals surface area (Å²) in [7, 11) is 0. The summed E-state index contributed by atoms with van der Waals surface area (Å²) in [4.78, 5) is 26.0. The van der Waals surface area contributed by atoms with Gasteiger partial charge in [0.2, 0.25) is 11.2 Å². The lowest BCUT2D eigenvalue weighted by Gasteiger charge is -2.15. The molecule has 0 aliphatic heterocycles. The highest BCUT2D eigenvalue weighted by Crippen LogP contribution is 2.32. The van der Waals surface area contributed by atoms with Crippen molar-refractivity contribution in [3.05, 3.63) is 162 Å². The van der Waals surface area contributed by atoms with Gasteiger partial charge in [-0.25, -0.2) is 19.9 Å². The molecule has 0 radical (unpaired) electrons. The number of halogens is 2. The van der Waals surface area contributed by atoms with Crippen molar-refractivity contribution in [3.8, 4) is 44.8 Å². The fourth-order valence-corrected chi connectivity index (χ4v) is 5.68. The second-order valence-corrected chi connectivity index (χ2v) is 12.2. The first-order valence-corrected chi connectivity index (χ1v) is 16.7. The first kappa shape index (κ1) is 36.7. The Hall–Kier alpha value is -5.54. The quantitative estimate of drug-likeness (QED) is 0.142. The van der Waals surface area contributed by atoms with Gasteiger partial charge in [0.25, 0.3) is 0 Å². The number of rotatable bonds is 9. The van der Waals surface area contributed by atoms with Gasteiger partial charge in [0.05, 0.1) is 11.4 Å².